The number of aliphatic hydroxyl groups excluding tert-OH is 2. The Morgan fingerprint density at radius 3 is 2.53 bits per heavy atom. The van der Waals surface area contributed by atoms with Crippen LogP contribution in [0.5, 0.6) is 5.75 Å². The molecule has 192 valence electrons. The third-order valence-electron chi connectivity index (χ3n) is 7.09. The van der Waals surface area contributed by atoms with Gasteiger partial charge in [-0.3, -0.25) is 19.2 Å². The summed E-state index contributed by atoms with van der Waals surface area (Å²) >= 11 is 1.56. The summed E-state index contributed by atoms with van der Waals surface area (Å²) in [5, 5.41) is 44.3. The maximum atomic E-state index is 13.9. The lowest BCUT2D eigenvalue weighted by Crippen LogP contribution is -2.64. The van der Waals surface area contributed by atoms with Crippen LogP contribution in [0.4, 0.5) is 0 Å². The summed E-state index contributed by atoms with van der Waals surface area (Å²) in [4.78, 5) is 50.7. The average molecular weight is 518 g/mol. The van der Waals surface area contributed by atoms with Crippen LogP contribution in [0.25, 0.3) is 5.76 Å². The van der Waals surface area contributed by atoms with E-state index in [-0.39, 0.29) is 16.9 Å². The Hall–Kier alpha value is -3.31. The number of Topliss-reactive ketones (excluding diaryl/α,β-unsaturated/α-hetero) is 2. The quantitative estimate of drug-likeness (QED) is 0.211. The van der Waals surface area contributed by atoms with Crippen molar-refractivity contribution in [3.05, 3.63) is 46.2 Å². The summed E-state index contributed by atoms with van der Waals surface area (Å²) in [6, 6.07) is 4.61. The van der Waals surface area contributed by atoms with Crippen LogP contribution in [-0.4, -0.2) is 67.1 Å². The fourth-order valence-corrected chi connectivity index (χ4v) is 6.74. The molecule has 36 heavy (non-hydrogen) atoms. The monoisotopic (exact) mass is 517 g/mol. The van der Waals surface area contributed by atoms with E-state index in [1.165, 1.54) is 6.07 Å². The van der Waals surface area contributed by atoms with Gasteiger partial charge in [0.25, 0.3) is 5.91 Å². The molecule has 1 aromatic rings. The summed E-state index contributed by atoms with van der Waals surface area (Å²) in [6.45, 7) is 3.12. The molecule has 10 nitrogen and oxygen atoms in total. The number of carbonyl (C=O) groups is 4. The van der Waals surface area contributed by atoms with Crippen molar-refractivity contribution in [3.63, 3.8) is 0 Å². The number of benzene rings is 1. The number of carbonyl (C=O) groups excluding carboxylic acids is 4. The minimum Gasteiger partial charge on any atom is -0.508 e. The lowest BCUT2D eigenvalue weighted by Gasteiger charge is -2.51. The number of esters is 1. The van der Waals surface area contributed by atoms with Crippen LogP contribution in [0.15, 0.2) is 35.1 Å². The summed E-state index contributed by atoms with van der Waals surface area (Å²) in [6.07, 6.45) is -1.07. The van der Waals surface area contributed by atoms with Crippen LogP contribution in [0, 0.1) is 11.8 Å². The van der Waals surface area contributed by atoms with E-state index < -0.39 is 76.4 Å². The highest BCUT2D eigenvalue weighted by Gasteiger charge is 2.66. The zero-order valence-electron chi connectivity index (χ0n) is 19.7. The number of amides is 1. The molecule has 1 aromatic carbocycles. The Labute approximate surface area is 210 Å². The SMILES string of the molecule is CCCSC[C@H]1c2cccc(O)c2C(O)=C2C(=O)[C@]3(O)C(O)=C(C(N)=O)C(=O)C[C@@H]3[C@@H](OC(C)=O)[C@@H]21. The summed E-state index contributed by atoms with van der Waals surface area (Å²) in [5.41, 5.74) is 1.61. The second-order valence-corrected chi connectivity index (χ2v) is 10.4. The van der Waals surface area contributed by atoms with E-state index in [1.54, 1.807) is 23.9 Å². The molecule has 0 heterocycles. The van der Waals surface area contributed by atoms with Crippen LogP contribution in [0.2, 0.25) is 0 Å². The van der Waals surface area contributed by atoms with Gasteiger partial charge in [-0.2, -0.15) is 11.8 Å². The highest BCUT2D eigenvalue weighted by molar-refractivity contribution is 7.99. The fourth-order valence-electron chi connectivity index (χ4n) is 5.65. The van der Waals surface area contributed by atoms with Gasteiger partial charge < -0.3 is 30.9 Å². The first-order chi connectivity index (χ1) is 17.0. The van der Waals surface area contributed by atoms with Gasteiger partial charge in [0.05, 0.1) is 5.56 Å². The van der Waals surface area contributed by atoms with E-state index in [9.17, 15) is 39.6 Å². The van der Waals surface area contributed by atoms with E-state index in [0.29, 0.717) is 11.3 Å². The number of fused-ring (bicyclic) bond motifs is 3. The molecular weight excluding hydrogens is 490 g/mol. The number of ether oxygens (including phenoxy) is 1. The number of phenols is 1. The molecule has 0 unspecified atom stereocenters. The molecule has 5 atom stereocenters. The molecule has 0 spiro atoms. The zero-order valence-corrected chi connectivity index (χ0v) is 20.5. The lowest BCUT2D eigenvalue weighted by atomic mass is 9.55. The Kier molecular flexibility index (Phi) is 6.65. The number of hydrogen-bond donors (Lipinski definition) is 5. The van der Waals surface area contributed by atoms with Crippen molar-refractivity contribution in [1.29, 1.82) is 0 Å². The Morgan fingerprint density at radius 2 is 1.92 bits per heavy atom. The standard InChI is InChI=1S/C25H27NO9S/c1-3-7-36-9-12-11-5-4-6-14(28)16(11)20(30)19-17(12)21(35-10(2)27)13-8-15(29)18(24(26)33)22(31)25(13,34)23(19)32/h4-6,12-13,17,21,28,30-31,34H,3,7-9H2,1-2H3,(H2,26,33)/t12-,13+,17+,21+,25+/m0/s1. The van der Waals surface area contributed by atoms with Crippen LogP contribution >= 0.6 is 11.8 Å². The van der Waals surface area contributed by atoms with E-state index in [4.69, 9.17) is 10.5 Å². The van der Waals surface area contributed by atoms with Crippen molar-refractivity contribution in [2.45, 2.75) is 44.3 Å². The molecule has 0 aromatic heterocycles. The van der Waals surface area contributed by atoms with E-state index in [1.807, 2.05) is 6.92 Å². The molecule has 1 fully saturated rings. The van der Waals surface area contributed by atoms with Crippen molar-refractivity contribution in [2.24, 2.45) is 17.6 Å². The maximum Gasteiger partial charge on any atom is 0.302 e. The van der Waals surface area contributed by atoms with Gasteiger partial charge in [-0.1, -0.05) is 19.1 Å². The van der Waals surface area contributed by atoms with Gasteiger partial charge in [-0.15, -0.1) is 0 Å². The third kappa shape index (κ3) is 3.68. The van der Waals surface area contributed by atoms with Gasteiger partial charge in [0, 0.05) is 42.4 Å². The smallest absolute Gasteiger partial charge is 0.302 e. The first-order valence-corrected chi connectivity index (χ1v) is 12.7. The van der Waals surface area contributed by atoms with Gasteiger partial charge >= 0.3 is 5.97 Å². The largest absolute Gasteiger partial charge is 0.508 e. The summed E-state index contributed by atoms with van der Waals surface area (Å²) in [7, 11) is 0. The first-order valence-electron chi connectivity index (χ1n) is 11.5. The molecule has 11 heteroatoms. The van der Waals surface area contributed by atoms with Gasteiger partial charge in [-0.05, 0) is 23.8 Å². The summed E-state index contributed by atoms with van der Waals surface area (Å²) < 4.78 is 5.60. The van der Waals surface area contributed by atoms with E-state index in [2.05, 4.69) is 0 Å². The number of hydrogen-bond acceptors (Lipinski definition) is 10. The third-order valence-corrected chi connectivity index (χ3v) is 8.38. The van der Waals surface area contributed by atoms with Crippen molar-refractivity contribution in [1.82, 2.24) is 0 Å². The number of thioether (sulfide) groups is 1. The second-order valence-electron chi connectivity index (χ2n) is 9.20. The molecule has 0 bridgehead atoms. The minimum absolute atomic E-state index is 0.00620. The molecule has 1 amide bonds. The molecule has 3 aliphatic carbocycles. The number of rotatable bonds is 6. The molecule has 1 saturated carbocycles. The Bertz CT molecular complexity index is 1240. The van der Waals surface area contributed by atoms with Crippen LogP contribution < -0.4 is 5.73 Å². The Morgan fingerprint density at radius 1 is 1.22 bits per heavy atom. The van der Waals surface area contributed by atoms with Crippen LogP contribution in [-0.2, 0) is 23.9 Å². The average Bonchev–Trinajstić information content (AvgIpc) is 2.79. The highest BCUT2D eigenvalue weighted by atomic mass is 32.2. The topological polar surface area (TPSA) is 184 Å². The molecule has 6 N–H and O–H groups in total. The van der Waals surface area contributed by atoms with Crippen molar-refractivity contribution >= 4 is 41.0 Å². The van der Waals surface area contributed by atoms with Crippen molar-refractivity contribution in [2.75, 3.05) is 11.5 Å². The zero-order chi connectivity index (χ0) is 26.5. The molecule has 3 aliphatic rings. The number of phenolic OH excluding ortho intramolecular Hbond substituents is 1. The molecule has 0 saturated heterocycles. The van der Waals surface area contributed by atoms with Gasteiger partial charge in [-0.25, -0.2) is 0 Å². The van der Waals surface area contributed by atoms with Crippen molar-refractivity contribution in [3.8, 4) is 5.75 Å². The van der Waals surface area contributed by atoms with Gasteiger partial charge in [0.2, 0.25) is 5.78 Å². The number of aromatic hydroxyl groups is 1. The lowest BCUT2D eigenvalue weighted by molar-refractivity contribution is -0.177. The molecule has 0 aliphatic heterocycles. The van der Waals surface area contributed by atoms with Crippen LogP contribution in [0.3, 0.4) is 0 Å². The number of primary amides is 1. The second kappa shape index (κ2) is 9.29. The minimum atomic E-state index is -2.86. The highest BCUT2D eigenvalue weighted by Crippen LogP contribution is 2.57. The predicted molar refractivity (Wildman–Crippen MR) is 129 cm³/mol. The van der Waals surface area contributed by atoms with Crippen molar-refractivity contribution < 1.29 is 44.3 Å². The maximum absolute atomic E-state index is 13.9. The fraction of sp³-hybridized carbons (Fsp3) is 0.440. The number of aliphatic hydroxyl groups is 3. The molecule has 0 radical (unpaired) electrons. The molecular formula is C25H27NO9S. The number of ketones is 2. The Balaban J connectivity index is 2.02. The predicted octanol–water partition coefficient (Wildman–Crippen LogP) is 1.65. The first kappa shape index (κ1) is 25.8. The van der Waals surface area contributed by atoms with E-state index >= 15 is 0 Å². The van der Waals surface area contributed by atoms with Gasteiger partial charge in [0.15, 0.2) is 11.4 Å². The van der Waals surface area contributed by atoms with Crippen LogP contribution in [0.1, 0.15) is 43.7 Å². The van der Waals surface area contributed by atoms with E-state index in [0.717, 1.165) is 19.1 Å². The van der Waals surface area contributed by atoms with Gasteiger partial charge in [0.1, 0.15) is 28.9 Å². The number of nitrogens with two attached hydrogens (primary N) is 1. The summed E-state index contributed by atoms with van der Waals surface area (Å²) in [5.74, 6) is -8.16. The normalized spacial score (nSPS) is 29.4. The molecule has 4 rings (SSSR count).